The second-order valence-electron chi connectivity index (χ2n) is 5.63. The summed E-state index contributed by atoms with van der Waals surface area (Å²) in [6, 6.07) is 5.05. The standard InChI is InChI=1S/C13H17Cl3O3S/c1-13(2,3)9(8-20(16,17)18)7-19-11-6-4-5-10(14)12(11)15/h4-6,9H,7-8H2,1-3H3. The minimum Gasteiger partial charge on any atom is -0.492 e. The Labute approximate surface area is 134 Å². The molecular weight excluding hydrogens is 343 g/mol. The molecule has 3 nitrogen and oxygen atoms in total. The van der Waals surface area contributed by atoms with Crippen LogP contribution in [0.2, 0.25) is 10.0 Å². The molecule has 1 rings (SSSR count). The summed E-state index contributed by atoms with van der Waals surface area (Å²) in [7, 11) is 1.75. The van der Waals surface area contributed by atoms with Crippen LogP contribution in [0.15, 0.2) is 18.2 Å². The minimum absolute atomic E-state index is 0.157. The molecule has 7 heteroatoms. The zero-order valence-electron chi connectivity index (χ0n) is 11.5. The minimum atomic E-state index is -3.60. The topological polar surface area (TPSA) is 43.4 Å². The number of halogens is 3. The van der Waals surface area contributed by atoms with E-state index in [4.69, 9.17) is 38.6 Å². The summed E-state index contributed by atoms with van der Waals surface area (Å²) in [5.74, 6) is 0.0106. The Balaban J connectivity index is 2.84. The second-order valence-corrected chi connectivity index (χ2v) is 9.24. The number of ether oxygens (including phenoxy) is 1. The molecule has 0 aliphatic rings. The Morgan fingerprint density at radius 1 is 1.25 bits per heavy atom. The fraction of sp³-hybridized carbons (Fsp3) is 0.538. The average molecular weight is 360 g/mol. The fourth-order valence-electron chi connectivity index (χ4n) is 1.57. The molecule has 1 unspecified atom stereocenters. The zero-order chi connectivity index (χ0) is 15.6. The maximum absolute atomic E-state index is 11.3. The Bertz CT molecular complexity index is 565. The van der Waals surface area contributed by atoms with Crippen LogP contribution >= 0.6 is 33.9 Å². The van der Waals surface area contributed by atoms with Crippen molar-refractivity contribution in [2.45, 2.75) is 20.8 Å². The van der Waals surface area contributed by atoms with Gasteiger partial charge in [-0.1, -0.05) is 50.0 Å². The van der Waals surface area contributed by atoms with Gasteiger partial charge in [-0.3, -0.25) is 0 Å². The Kier molecular flexibility index (Phi) is 6.02. The van der Waals surface area contributed by atoms with Crippen molar-refractivity contribution in [3.8, 4) is 5.75 Å². The largest absolute Gasteiger partial charge is 0.492 e. The van der Waals surface area contributed by atoms with E-state index in [0.29, 0.717) is 15.8 Å². The van der Waals surface area contributed by atoms with E-state index in [9.17, 15) is 8.42 Å². The molecule has 0 saturated carbocycles. The van der Waals surface area contributed by atoms with Gasteiger partial charge in [-0.25, -0.2) is 8.42 Å². The fourth-order valence-corrected chi connectivity index (χ4v) is 3.45. The van der Waals surface area contributed by atoms with Gasteiger partial charge in [0, 0.05) is 16.6 Å². The molecule has 1 atom stereocenters. The van der Waals surface area contributed by atoms with Gasteiger partial charge in [0.25, 0.3) is 0 Å². The van der Waals surface area contributed by atoms with Gasteiger partial charge in [-0.2, -0.15) is 0 Å². The molecule has 1 aromatic carbocycles. The van der Waals surface area contributed by atoms with Crippen LogP contribution in [0.1, 0.15) is 20.8 Å². The van der Waals surface area contributed by atoms with E-state index in [-0.39, 0.29) is 23.7 Å². The van der Waals surface area contributed by atoms with Crippen LogP contribution in [0.3, 0.4) is 0 Å². The summed E-state index contributed by atoms with van der Waals surface area (Å²) < 4.78 is 28.2. The number of rotatable bonds is 5. The molecule has 20 heavy (non-hydrogen) atoms. The Hall–Kier alpha value is -0.160. The predicted molar refractivity (Wildman–Crippen MR) is 84.5 cm³/mol. The molecular formula is C13H17Cl3O3S. The summed E-state index contributed by atoms with van der Waals surface area (Å²) in [6.45, 7) is 5.99. The van der Waals surface area contributed by atoms with E-state index >= 15 is 0 Å². The van der Waals surface area contributed by atoms with Crippen LogP contribution in [0.5, 0.6) is 5.75 Å². The lowest BCUT2D eigenvalue weighted by atomic mass is 9.82. The van der Waals surface area contributed by atoms with Crippen LogP contribution in [-0.2, 0) is 9.05 Å². The van der Waals surface area contributed by atoms with Crippen molar-refractivity contribution >= 4 is 42.9 Å². The molecule has 0 aromatic heterocycles. The molecule has 114 valence electrons. The zero-order valence-corrected chi connectivity index (χ0v) is 14.6. The molecule has 0 bridgehead atoms. The Morgan fingerprint density at radius 2 is 1.85 bits per heavy atom. The first-order valence-corrected chi connectivity index (χ1v) is 9.23. The van der Waals surface area contributed by atoms with Crippen molar-refractivity contribution in [3.05, 3.63) is 28.2 Å². The van der Waals surface area contributed by atoms with E-state index < -0.39 is 9.05 Å². The molecule has 0 fully saturated rings. The molecule has 0 N–H and O–H groups in total. The average Bonchev–Trinajstić information content (AvgIpc) is 2.26. The lowest BCUT2D eigenvalue weighted by Gasteiger charge is -2.29. The lowest BCUT2D eigenvalue weighted by molar-refractivity contribution is 0.163. The van der Waals surface area contributed by atoms with Crippen molar-refractivity contribution in [3.63, 3.8) is 0 Å². The molecule has 0 amide bonds. The van der Waals surface area contributed by atoms with E-state index in [1.807, 2.05) is 20.8 Å². The highest BCUT2D eigenvalue weighted by atomic mass is 35.7. The van der Waals surface area contributed by atoms with Gasteiger partial charge in [-0.05, 0) is 17.5 Å². The molecule has 0 aliphatic heterocycles. The summed E-state index contributed by atoms with van der Waals surface area (Å²) in [6.07, 6.45) is 0. The maximum Gasteiger partial charge on any atom is 0.233 e. The van der Waals surface area contributed by atoms with Gasteiger partial charge >= 0.3 is 0 Å². The van der Waals surface area contributed by atoms with Crippen molar-refractivity contribution in [1.82, 2.24) is 0 Å². The van der Waals surface area contributed by atoms with E-state index in [0.717, 1.165) is 0 Å². The molecule has 0 aliphatic carbocycles. The highest BCUT2D eigenvalue weighted by molar-refractivity contribution is 8.13. The molecule has 1 aromatic rings. The normalized spacial score (nSPS) is 14.1. The van der Waals surface area contributed by atoms with Crippen molar-refractivity contribution < 1.29 is 13.2 Å². The van der Waals surface area contributed by atoms with Gasteiger partial charge in [0.1, 0.15) is 10.8 Å². The van der Waals surface area contributed by atoms with Crippen molar-refractivity contribution in [2.75, 3.05) is 12.4 Å². The van der Waals surface area contributed by atoms with Crippen LogP contribution < -0.4 is 4.74 Å². The molecule has 0 heterocycles. The van der Waals surface area contributed by atoms with Crippen LogP contribution in [0.25, 0.3) is 0 Å². The maximum atomic E-state index is 11.3. The van der Waals surface area contributed by atoms with Crippen molar-refractivity contribution in [1.29, 1.82) is 0 Å². The second kappa shape index (κ2) is 6.73. The van der Waals surface area contributed by atoms with E-state index in [1.54, 1.807) is 18.2 Å². The number of hydrogen-bond acceptors (Lipinski definition) is 3. The summed E-state index contributed by atoms with van der Waals surface area (Å²) in [5.41, 5.74) is -0.271. The van der Waals surface area contributed by atoms with Crippen LogP contribution in [0.4, 0.5) is 0 Å². The monoisotopic (exact) mass is 358 g/mol. The molecule has 0 saturated heterocycles. The summed E-state index contributed by atoms with van der Waals surface area (Å²) >= 11 is 11.9. The highest BCUT2D eigenvalue weighted by Crippen LogP contribution is 2.34. The quantitative estimate of drug-likeness (QED) is 0.721. The third kappa shape index (κ3) is 5.68. The van der Waals surface area contributed by atoms with Gasteiger partial charge in [0.05, 0.1) is 17.4 Å². The first-order valence-electron chi connectivity index (χ1n) is 6.00. The summed E-state index contributed by atoms with van der Waals surface area (Å²) in [5, 5.41) is 0.706. The van der Waals surface area contributed by atoms with Gasteiger partial charge in [-0.15, -0.1) is 0 Å². The van der Waals surface area contributed by atoms with Gasteiger partial charge in [0.2, 0.25) is 9.05 Å². The highest BCUT2D eigenvalue weighted by Gasteiger charge is 2.29. The Morgan fingerprint density at radius 3 is 2.35 bits per heavy atom. The molecule has 0 radical (unpaired) electrons. The first kappa shape index (κ1) is 17.9. The van der Waals surface area contributed by atoms with Crippen LogP contribution in [-0.4, -0.2) is 20.8 Å². The lowest BCUT2D eigenvalue weighted by Crippen LogP contribution is -2.31. The third-order valence-corrected chi connectivity index (χ3v) is 4.96. The third-order valence-electron chi connectivity index (χ3n) is 2.98. The molecule has 0 spiro atoms. The van der Waals surface area contributed by atoms with Crippen molar-refractivity contribution in [2.24, 2.45) is 11.3 Å². The van der Waals surface area contributed by atoms with E-state index in [1.165, 1.54) is 0 Å². The van der Waals surface area contributed by atoms with Gasteiger partial charge in [0.15, 0.2) is 0 Å². The SMILES string of the molecule is CC(C)(C)C(COc1cccc(Cl)c1Cl)CS(=O)(=O)Cl. The number of benzene rings is 1. The first-order chi connectivity index (χ1) is 9.00. The smallest absolute Gasteiger partial charge is 0.233 e. The summed E-state index contributed by atoms with van der Waals surface area (Å²) in [4.78, 5) is 0. The van der Waals surface area contributed by atoms with E-state index in [2.05, 4.69) is 0 Å². The number of hydrogen-bond donors (Lipinski definition) is 0. The predicted octanol–water partition coefficient (Wildman–Crippen LogP) is 4.60. The van der Waals surface area contributed by atoms with Gasteiger partial charge < -0.3 is 4.74 Å². The van der Waals surface area contributed by atoms with Crippen LogP contribution in [0, 0.1) is 11.3 Å².